The maximum Gasteiger partial charge on any atom is 0.323 e. The van der Waals surface area contributed by atoms with Crippen LogP contribution in [0.2, 0.25) is 0 Å². The van der Waals surface area contributed by atoms with Crippen molar-refractivity contribution in [1.82, 2.24) is 5.32 Å². The molecule has 0 rings (SSSR count). The summed E-state index contributed by atoms with van der Waals surface area (Å²) in [6.07, 6.45) is 0. The molecule has 0 amide bonds. The second-order valence-electron chi connectivity index (χ2n) is 3.69. The fourth-order valence-electron chi connectivity index (χ4n) is 1.17. The van der Waals surface area contributed by atoms with Crippen LogP contribution in [-0.2, 0) is 14.3 Å². The summed E-state index contributed by atoms with van der Waals surface area (Å²) in [6.45, 7) is 7.00. The Balaban J connectivity index is 3.94. The zero-order valence-electron chi connectivity index (χ0n) is 10.6. The predicted octanol–water partition coefficient (Wildman–Crippen LogP) is 1.30. The van der Waals surface area contributed by atoms with Crippen molar-refractivity contribution in [1.29, 1.82) is 0 Å². The van der Waals surface area contributed by atoms with Crippen LogP contribution in [0.5, 0.6) is 0 Å². The highest BCUT2D eigenvalue weighted by atomic mass is 32.2. The molecule has 0 bridgehead atoms. The van der Waals surface area contributed by atoms with Gasteiger partial charge in [0.2, 0.25) is 0 Å². The lowest BCUT2D eigenvalue weighted by Crippen LogP contribution is -2.43. The van der Waals surface area contributed by atoms with E-state index in [0.717, 1.165) is 11.5 Å². The number of ether oxygens (including phenoxy) is 2. The van der Waals surface area contributed by atoms with E-state index < -0.39 is 0 Å². The summed E-state index contributed by atoms with van der Waals surface area (Å²) in [5.41, 5.74) is 0. The summed E-state index contributed by atoms with van der Waals surface area (Å²) < 4.78 is 9.97. The minimum absolute atomic E-state index is 0.166. The molecular formula is C11H23NO3S. The summed E-state index contributed by atoms with van der Waals surface area (Å²) in [5, 5.41) is 3.21. The van der Waals surface area contributed by atoms with Gasteiger partial charge in [-0.1, -0.05) is 13.8 Å². The van der Waals surface area contributed by atoms with E-state index in [1.54, 1.807) is 18.9 Å². The Labute approximate surface area is 102 Å². The second-order valence-corrected chi connectivity index (χ2v) is 4.84. The van der Waals surface area contributed by atoms with Crippen LogP contribution in [-0.4, -0.2) is 49.9 Å². The zero-order chi connectivity index (χ0) is 12.4. The molecule has 0 aromatic carbocycles. The molecule has 0 saturated heterocycles. The summed E-state index contributed by atoms with van der Waals surface area (Å²) in [4.78, 5) is 11.6. The molecule has 0 aliphatic rings. The van der Waals surface area contributed by atoms with Crippen molar-refractivity contribution in [3.8, 4) is 0 Å². The van der Waals surface area contributed by atoms with Crippen LogP contribution in [0.1, 0.15) is 20.8 Å². The Morgan fingerprint density at radius 2 is 2.12 bits per heavy atom. The van der Waals surface area contributed by atoms with Gasteiger partial charge in [-0.25, -0.2) is 0 Å². The molecule has 0 aromatic rings. The molecule has 0 spiro atoms. The number of rotatable bonds is 9. The maximum atomic E-state index is 11.6. The molecule has 0 aliphatic carbocycles. The SMILES string of the molecule is CCOC(=O)C(CSCCOC)NC(C)C. The minimum atomic E-state index is -0.221. The lowest BCUT2D eigenvalue weighted by molar-refractivity contribution is -0.145. The number of methoxy groups -OCH3 is 1. The quantitative estimate of drug-likeness (QED) is 0.493. The van der Waals surface area contributed by atoms with Gasteiger partial charge in [0.1, 0.15) is 6.04 Å². The van der Waals surface area contributed by atoms with Gasteiger partial charge < -0.3 is 14.8 Å². The molecule has 1 unspecified atom stereocenters. The first kappa shape index (κ1) is 15.7. The van der Waals surface area contributed by atoms with Crippen molar-refractivity contribution in [2.75, 3.05) is 31.8 Å². The summed E-state index contributed by atoms with van der Waals surface area (Å²) in [7, 11) is 1.68. The normalized spacial score (nSPS) is 12.8. The summed E-state index contributed by atoms with van der Waals surface area (Å²) in [5.74, 6) is 1.45. The molecule has 4 nitrogen and oxygen atoms in total. The first-order valence-electron chi connectivity index (χ1n) is 5.61. The largest absolute Gasteiger partial charge is 0.465 e. The Morgan fingerprint density at radius 3 is 2.62 bits per heavy atom. The third kappa shape index (κ3) is 7.96. The van der Waals surface area contributed by atoms with E-state index in [-0.39, 0.29) is 18.1 Å². The van der Waals surface area contributed by atoms with Crippen LogP contribution < -0.4 is 5.32 Å². The molecule has 16 heavy (non-hydrogen) atoms. The molecule has 1 N–H and O–H groups in total. The lowest BCUT2D eigenvalue weighted by atomic mass is 10.3. The fourth-order valence-corrected chi connectivity index (χ4v) is 2.09. The fraction of sp³-hybridized carbons (Fsp3) is 0.909. The average Bonchev–Trinajstić information content (AvgIpc) is 2.22. The van der Waals surface area contributed by atoms with Crippen LogP contribution in [0, 0.1) is 0 Å². The summed E-state index contributed by atoms with van der Waals surface area (Å²) in [6, 6.07) is 0.0548. The smallest absolute Gasteiger partial charge is 0.323 e. The number of hydrogen-bond acceptors (Lipinski definition) is 5. The Hall–Kier alpha value is -0.260. The Morgan fingerprint density at radius 1 is 1.44 bits per heavy atom. The third-order valence-corrected chi connectivity index (χ3v) is 2.85. The van der Waals surface area contributed by atoms with Crippen LogP contribution in [0.15, 0.2) is 0 Å². The molecule has 0 aliphatic heterocycles. The average molecular weight is 249 g/mol. The van der Waals surface area contributed by atoms with Crippen molar-refractivity contribution in [2.45, 2.75) is 32.9 Å². The first-order chi connectivity index (χ1) is 7.61. The van der Waals surface area contributed by atoms with Crippen molar-refractivity contribution < 1.29 is 14.3 Å². The standard InChI is InChI=1S/C11H23NO3S/c1-5-15-11(13)10(12-9(2)3)8-16-7-6-14-4/h9-10,12H,5-8H2,1-4H3. The van der Waals surface area contributed by atoms with Crippen molar-refractivity contribution >= 4 is 17.7 Å². The summed E-state index contributed by atoms with van der Waals surface area (Å²) >= 11 is 1.69. The van der Waals surface area contributed by atoms with Crippen molar-refractivity contribution in [3.05, 3.63) is 0 Å². The molecule has 0 fully saturated rings. The molecule has 0 aromatic heterocycles. The van der Waals surface area contributed by atoms with E-state index in [0.29, 0.717) is 13.2 Å². The van der Waals surface area contributed by atoms with Gasteiger partial charge in [0.05, 0.1) is 13.2 Å². The number of carbonyl (C=O) groups excluding carboxylic acids is 1. The molecule has 1 atom stereocenters. The Bertz CT molecular complexity index is 188. The van der Waals surface area contributed by atoms with Gasteiger partial charge in [-0.2, -0.15) is 11.8 Å². The van der Waals surface area contributed by atoms with Gasteiger partial charge in [-0.15, -0.1) is 0 Å². The highest BCUT2D eigenvalue weighted by Gasteiger charge is 2.19. The number of hydrogen-bond donors (Lipinski definition) is 1. The van der Waals surface area contributed by atoms with Gasteiger partial charge >= 0.3 is 5.97 Å². The molecular weight excluding hydrogens is 226 g/mol. The zero-order valence-corrected chi connectivity index (χ0v) is 11.4. The molecule has 96 valence electrons. The minimum Gasteiger partial charge on any atom is -0.465 e. The highest BCUT2D eigenvalue weighted by Crippen LogP contribution is 2.05. The van der Waals surface area contributed by atoms with Gasteiger partial charge in [0.15, 0.2) is 0 Å². The van der Waals surface area contributed by atoms with Gasteiger partial charge in [0.25, 0.3) is 0 Å². The highest BCUT2D eigenvalue weighted by molar-refractivity contribution is 7.99. The van der Waals surface area contributed by atoms with Crippen LogP contribution in [0.4, 0.5) is 0 Å². The van der Waals surface area contributed by atoms with Gasteiger partial charge in [-0.05, 0) is 6.92 Å². The lowest BCUT2D eigenvalue weighted by Gasteiger charge is -2.19. The predicted molar refractivity (Wildman–Crippen MR) is 67.9 cm³/mol. The second kappa shape index (κ2) is 9.93. The first-order valence-corrected chi connectivity index (χ1v) is 6.76. The van der Waals surface area contributed by atoms with E-state index in [9.17, 15) is 4.79 Å². The van der Waals surface area contributed by atoms with E-state index >= 15 is 0 Å². The van der Waals surface area contributed by atoms with Crippen LogP contribution in [0.25, 0.3) is 0 Å². The number of nitrogens with one attached hydrogen (secondary N) is 1. The molecule has 0 heterocycles. The van der Waals surface area contributed by atoms with Crippen LogP contribution in [0.3, 0.4) is 0 Å². The molecule has 5 heteroatoms. The Kier molecular flexibility index (Phi) is 9.77. The van der Waals surface area contributed by atoms with Gasteiger partial charge in [-0.3, -0.25) is 4.79 Å². The van der Waals surface area contributed by atoms with E-state index in [4.69, 9.17) is 9.47 Å². The van der Waals surface area contributed by atoms with E-state index in [2.05, 4.69) is 5.32 Å². The topological polar surface area (TPSA) is 47.6 Å². The van der Waals surface area contributed by atoms with Gasteiger partial charge in [0, 0.05) is 24.7 Å². The maximum absolute atomic E-state index is 11.6. The monoisotopic (exact) mass is 249 g/mol. The molecule has 0 saturated carbocycles. The van der Waals surface area contributed by atoms with E-state index in [1.807, 2.05) is 20.8 Å². The number of thioether (sulfide) groups is 1. The van der Waals surface area contributed by atoms with Crippen LogP contribution >= 0.6 is 11.8 Å². The molecule has 0 radical (unpaired) electrons. The van der Waals surface area contributed by atoms with E-state index in [1.165, 1.54) is 0 Å². The third-order valence-electron chi connectivity index (χ3n) is 1.82. The van der Waals surface area contributed by atoms with Crippen molar-refractivity contribution in [3.63, 3.8) is 0 Å². The number of carbonyl (C=O) groups is 1. The number of esters is 1. The van der Waals surface area contributed by atoms with Crippen molar-refractivity contribution in [2.24, 2.45) is 0 Å².